The second-order valence-electron chi connectivity index (χ2n) is 5.53. The number of carbonyl (C=O) groups is 1. The summed E-state index contributed by atoms with van der Waals surface area (Å²) >= 11 is 0. The highest BCUT2D eigenvalue weighted by molar-refractivity contribution is 7.90. The van der Waals surface area contributed by atoms with Crippen LogP contribution >= 0.6 is 0 Å². The Labute approximate surface area is 142 Å². The average Bonchev–Trinajstić information content (AvgIpc) is 2.55. The van der Waals surface area contributed by atoms with Crippen LogP contribution in [0.25, 0.3) is 0 Å². The highest BCUT2D eigenvalue weighted by Gasteiger charge is 2.14. The third-order valence-corrected chi connectivity index (χ3v) is 4.62. The summed E-state index contributed by atoms with van der Waals surface area (Å²) in [5.74, 6) is 0.242. The molecule has 0 unspecified atom stereocenters. The molecule has 2 rings (SSSR count). The van der Waals surface area contributed by atoms with Crippen LogP contribution in [0.3, 0.4) is 0 Å². The highest BCUT2D eigenvalue weighted by atomic mass is 32.2. The van der Waals surface area contributed by atoms with E-state index in [1.54, 1.807) is 19.1 Å². The maximum atomic E-state index is 12.0. The van der Waals surface area contributed by atoms with E-state index in [4.69, 9.17) is 4.74 Å². The molecule has 5 nitrogen and oxygen atoms in total. The van der Waals surface area contributed by atoms with Crippen LogP contribution in [0.15, 0.2) is 59.5 Å². The van der Waals surface area contributed by atoms with Gasteiger partial charge in [-0.15, -0.1) is 0 Å². The molecule has 1 amide bonds. The molecule has 0 aliphatic carbocycles. The fourth-order valence-electron chi connectivity index (χ4n) is 2.14. The van der Waals surface area contributed by atoms with Gasteiger partial charge in [0.25, 0.3) is 5.91 Å². The van der Waals surface area contributed by atoms with Gasteiger partial charge in [0.1, 0.15) is 5.75 Å². The molecule has 1 N–H and O–H groups in total. The number of hydrogen-bond donors (Lipinski definition) is 1. The number of sulfone groups is 1. The van der Waals surface area contributed by atoms with Crippen molar-refractivity contribution in [2.24, 2.45) is 0 Å². The minimum atomic E-state index is -3.24. The van der Waals surface area contributed by atoms with Gasteiger partial charge in [-0.3, -0.25) is 4.79 Å². The Kier molecular flexibility index (Phi) is 5.98. The average molecular weight is 347 g/mol. The lowest BCUT2D eigenvalue weighted by molar-refractivity contribution is -0.127. The molecule has 0 spiro atoms. The van der Waals surface area contributed by atoms with E-state index in [1.165, 1.54) is 12.1 Å². The molecule has 0 aromatic heterocycles. The van der Waals surface area contributed by atoms with Crippen LogP contribution in [0.1, 0.15) is 12.5 Å². The van der Waals surface area contributed by atoms with Gasteiger partial charge < -0.3 is 10.1 Å². The van der Waals surface area contributed by atoms with E-state index in [2.05, 4.69) is 5.32 Å². The van der Waals surface area contributed by atoms with Gasteiger partial charge in [-0.25, -0.2) is 8.42 Å². The van der Waals surface area contributed by atoms with Crippen LogP contribution in [0.2, 0.25) is 0 Å². The predicted octanol–water partition coefficient (Wildman–Crippen LogP) is 2.22. The van der Waals surface area contributed by atoms with Crippen LogP contribution < -0.4 is 10.1 Å². The first-order valence-corrected chi connectivity index (χ1v) is 9.54. The molecule has 2 aromatic rings. The molecule has 24 heavy (non-hydrogen) atoms. The number of hydrogen-bond acceptors (Lipinski definition) is 4. The molecule has 128 valence electrons. The van der Waals surface area contributed by atoms with Gasteiger partial charge in [-0.2, -0.15) is 0 Å². The number of rotatable bonds is 7. The second kappa shape index (κ2) is 7.97. The maximum absolute atomic E-state index is 12.0. The molecular formula is C18H21NO4S. The first-order valence-electron chi connectivity index (χ1n) is 7.64. The van der Waals surface area contributed by atoms with E-state index >= 15 is 0 Å². The normalized spacial score (nSPS) is 12.4. The van der Waals surface area contributed by atoms with Crippen molar-refractivity contribution >= 4 is 15.7 Å². The van der Waals surface area contributed by atoms with Crippen molar-refractivity contribution in [3.8, 4) is 5.75 Å². The molecule has 0 radical (unpaired) electrons. The zero-order valence-corrected chi connectivity index (χ0v) is 14.5. The summed E-state index contributed by atoms with van der Waals surface area (Å²) in [6, 6.07) is 15.9. The molecule has 2 aromatic carbocycles. The third kappa shape index (κ3) is 5.38. The zero-order valence-electron chi connectivity index (χ0n) is 13.7. The van der Waals surface area contributed by atoms with Gasteiger partial charge in [-0.05, 0) is 43.2 Å². The number of nitrogens with one attached hydrogen (secondary N) is 1. The zero-order chi connectivity index (χ0) is 17.6. The van der Waals surface area contributed by atoms with Crippen molar-refractivity contribution in [1.29, 1.82) is 0 Å². The van der Waals surface area contributed by atoms with Crippen LogP contribution in [0.4, 0.5) is 0 Å². The fourth-order valence-corrected chi connectivity index (χ4v) is 2.77. The van der Waals surface area contributed by atoms with E-state index in [0.717, 1.165) is 18.2 Å². The second-order valence-corrected chi connectivity index (χ2v) is 7.55. The Morgan fingerprint density at radius 2 is 1.71 bits per heavy atom. The monoisotopic (exact) mass is 347 g/mol. The number of benzene rings is 2. The summed E-state index contributed by atoms with van der Waals surface area (Å²) in [6.07, 6.45) is 1.23. The predicted molar refractivity (Wildman–Crippen MR) is 92.8 cm³/mol. The lowest BCUT2D eigenvalue weighted by atomic mass is 10.1. The van der Waals surface area contributed by atoms with Crippen molar-refractivity contribution in [3.05, 3.63) is 60.2 Å². The summed E-state index contributed by atoms with van der Waals surface area (Å²) in [5.41, 5.74) is 1.16. The first kappa shape index (κ1) is 18.0. The largest absolute Gasteiger partial charge is 0.481 e. The Morgan fingerprint density at radius 1 is 1.08 bits per heavy atom. The topological polar surface area (TPSA) is 72.5 Å². The molecule has 0 bridgehead atoms. The van der Waals surface area contributed by atoms with Crippen molar-refractivity contribution in [2.75, 3.05) is 12.8 Å². The highest BCUT2D eigenvalue weighted by Crippen LogP contribution is 2.17. The third-order valence-electron chi connectivity index (χ3n) is 3.49. The van der Waals surface area contributed by atoms with Crippen LogP contribution in [0, 0.1) is 0 Å². The summed E-state index contributed by atoms with van der Waals surface area (Å²) < 4.78 is 28.3. The van der Waals surface area contributed by atoms with E-state index < -0.39 is 15.9 Å². The molecule has 6 heteroatoms. The molecular weight excluding hydrogens is 326 g/mol. The van der Waals surface area contributed by atoms with Crippen molar-refractivity contribution < 1.29 is 17.9 Å². The molecule has 0 heterocycles. The van der Waals surface area contributed by atoms with E-state index in [9.17, 15) is 13.2 Å². The van der Waals surface area contributed by atoms with Crippen LogP contribution in [-0.4, -0.2) is 33.2 Å². The number of ether oxygens (including phenoxy) is 1. The van der Waals surface area contributed by atoms with Crippen molar-refractivity contribution in [2.45, 2.75) is 24.3 Å². The van der Waals surface area contributed by atoms with E-state index in [0.29, 0.717) is 12.3 Å². The summed E-state index contributed by atoms with van der Waals surface area (Å²) in [6.45, 7) is 2.19. The number of amides is 1. The quantitative estimate of drug-likeness (QED) is 0.833. The van der Waals surface area contributed by atoms with Crippen molar-refractivity contribution in [1.82, 2.24) is 5.32 Å². The van der Waals surface area contributed by atoms with Gasteiger partial charge in [0.2, 0.25) is 0 Å². The van der Waals surface area contributed by atoms with E-state index in [1.807, 2.05) is 30.3 Å². The maximum Gasteiger partial charge on any atom is 0.260 e. The minimum absolute atomic E-state index is 0.210. The molecule has 0 aliphatic rings. The number of carbonyl (C=O) groups excluding carboxylic acids is 1. The standard InChI is InChI=1S/C18H21NO4S/c1-14(18(20)19-13-12-15-6-4-3-5-7-15)23-16-8-10-17(11-9-16)24(2,21)22/h3-11,14H,12-13H2,1-2H3,(H,19,20)/t14-/m0/s1. The van der Waals surface area contributed by atoms with Gasteiger partial charge in [-0.1, -0.05) is 30.3 Å². The van der Waals surface area contributed by atoms with Crippen LogP contribution in [0.5, 0.6) is 5.75 Å². The Hall–Kier alpha value is -2.34. The van der Waals surface area contributed by atoms with Gasteiger partial charge in [0.05, 0.1) is 4.90 Å². The Balaban J connectivity index is 1.83. The first-order chi connectivity index (χ1) is 11.4. The van der Waals surface area contributed by atoms with Gasteiger partial charge >= 0.3 is 0 Å². The van der Waals surface area contributed by atoms with Crippen molar-refractivity contribution in [3.63, 3.8) is 0 Å². The van der Waals surface area contributed by atoms with Gasteiger partial charge in [0.15, 0.2) is 15.9 Å². The lowest BCUT2D eigenvalue weighted by Crippen LogP contribution is -2.37. The summed E-state index contributed by atoms with van der Waals surface area (Å²) in [4.78, 5) is 12.2. The molecule has 0 saturated heterocycles. The van der Waals surface area contributed by atoms with Gasteiger partial charge in [0, 0.05) is 12.8 Å². The lowest BCUT2D eigenvalue weighted by Gasteiger charge is -2.15. The SMILES string of the molecule is C[C@H](Oc1ccc(S(C)(=O)=O)cc1)C(=O)NCCc1ccccc1. The summed E-state index contributed by atoms with van der Waals surface area (Å²) in [5, 5.41) is 2.83. The smallest absolute Gasteiger partial charge is 0.260 e. The Bertz CT molecular complexity index is 770. The fraction of sp³-hybridized carbons (Fsp3) is 0.278. The molecule has 0 fully saturated rings. The summed E-state index contributed by atoms with van der Waals surface area (Å²) in [7, 11) is -3.24. The minimum Gasteiger partial charge on any atom is -0.481 e. The van der Waals surface area contributed by atoms with Crippen LogP contribution in [-0.2, 0) is 21.1 Å². The molecule has 1 atom stereocenters. The van der Waals surface area contributed by atoms with E-state index in [-0.39, 0.29) is 10.8 Å². The Morgan fingerprint density at radius 3 is 2.29 bits per heavy atom. The molecule has 0 saturated carbocycles. The molecule has 0 aliphatic heterocycles.